The molecule has 0 bridgehead atoms. The van der Waals surface area contributed by atoms with Gasteiger partial charge in [0.1, 0.15) is 16.5 Å². The monoisotopic (exact) mass is 259 g/mol. The zero-order valence-electron chi connectivity index (χ0n) is 9.23. The first-order chi connectivity index (χ1) is 7.95. The van der Waals surface area contributed by atoms with Crippen LogP contribution in [-0.2, 0) is 10.0 Å². The topological polar surface area (TPSA) is 69.4 Å². The van der Waals surface area contributed by atoms with Gasteiger partial charge in [0, 0.05) is 0 Å². The van der Waals surface area contributed by atoms with E-state index < -0.39 is 15.8 Å². The molecule has 2 N–H and O–H groups in total. The fraction of sp³-hybridized carbons (Fsp3) is 0.273. The van der Waals surface area contributed by atoms with Crippen molar-refractivity contribution < 1.29 is 17.5 Å². The van der Waals surface area contributed by atoms with Crippen LogP contribution in [0, 0.1) is 5.82 Å². The average molecular weight is 259 g/mol. The summed E-state index contributed by atoms with van der Waals surface area (Å²) < 4.78 is 40.6. The number of primary sulfonamides is 1. The van der Waals surface area contributed by atoms with Crippen LogP contribution >= 0.6 is 0 Å². The normalized spacial score (nSPS) is 11.2. The van der Waals surface area contributed by atoms with E-state index in [1.54, 1.807) is 6.08 Å². The number of benzene rings is 1. The van der Waals surface area contributed by atoms with Crippen LogP contribution in [0.15, 0.2) is 35.7 Å². The molecule has 6 heteroatoms. The summed E-state index contributed by atoms with van der Waals surface area (Å²) in [5, 5.41) is 4.97. The maximum atomic E-state index is 12.9. The maximum absolute atomic E-state index is 12.9. The number of unbranched alkanes of at least 4 members (excludes halogenated alkanes) is 1. The number of allylic oxidation sites excluding steroid dienone is 1. The summed E-state index contributed by atoms with van der Waals surface area (Å²) in [4.78, 5) is -0.337. The summed E-state index contributed by atoms with van der Waals surface area (Å²) in [5.41, 5.74) is 0. The Morgan fingerprint density at radius 1 is 1.47 bits per heavy atom. The first kappa shape index (κ1) is 13.7. The molecule has 0 saturated heterocycles. The molecule has 1 aromatic rings. The third kappa shape index (κ3) is 4.16. The largest absolute Gasteiger partial charge is 0.492 e. The number of nitrogens with two attached hydrogens (primary N) is 1. The standard InChI is InChI=1S/C11H14FNO3S/c1-2-3-4-7-16-10-6-5-9(12)8-11(10)17(13,14)15/h2,5-6,8H,1,3-4,7H2,(H2,13,14,15). The van der Waals surface area contributed by atoms with Crippen LogP contribution in [0.2, 0.25) is 0 Å². The SMILES string of the molecule is C=CCCCOc1ccc(F)cc1S(N)(=O)=O. The number of halogens is 1. The Morgan fingerprint density at radius 3 is 2.76 bits per heavy atom. The van der Waals surface area contributed by atoms with Gasteiger partial charge in [-0.3, -0.25) is 0 Å². The van der Waals surface area contributed by atoms with E-state index in [-0.39, 0.29) is 10.6 Å². The Labute approximate surface area is 99.9 Å². The van der Waals surface area contributed by atoms with Crippen LogP contribution in [0.1, 0.15) is 12.8 Å². The lowest BCUT2D eigenvalue weighted by atomic mass is 10.3. The molecule has 94 valence electrons. The molecule has 0 saturated carbocycles. The summed E-state index contributed by atoms with van der Waals surface area (Å²) >= 11 is 0. The van der Waals surface area contributed by atoms with Crippen molar-refractivity contribution in [1.29, 1.82) is 0 Å². The number of hydrogen-bond donors (Lipinski definition) is 1. The van der Waals surface area contributed by atoms with E-state index >= 15 is 0 Å². The Hall–Kier alpha value is -1.40. The predicted molar refractivity (Wildman–Crippen MR) is 62.7 cm³/mol. The minimum Gasteiger partial charge on any atom is -0.492 e. The van der Waals surface area contributed by atoms with Gasteiger partial charge in [-0.2, -0.15) is 0 Å². The minimum absolute atomic E-state index is 0.0676. The van der Waals surface area contributed by atoms with Crippen molar-refractivity contribution in [2.75, 3.05) is 6.61 Å². The van der Waals surface area contributed by atoms with E-state index in [0.29, 0.717) is 13.0 Å². The van der Waals surface area contributed by atoms with Crippen molar-refractivity contribution >= 4 is 10.0 Å². The van der Waals surface area contributed by atoms with Crippen molar-refractivity contribution in [3.8, 4) is 5.75 Å². The molecule has 0 radical (unpaired) electrons. The fourth-order valence-corrected chi connectivity index (χ4v) is 1.92. The summed E-state index contributed by atoms with van der Waals surface area (Å²) in [7, 11) is -3.98. The molecule has 0 aliphatic rings. The average Bonchev–Trinajstić information content (AvgIpc) is 2.25. The summed E-state index contributed by atoms with van der Waals surface area (Å²) in [6.45, 7) is 3.87. The number of ether oxygens (including phenoxy) is 1. The Morgan fingerprint density at radius 2 is 2.18 bits per heavy atom. The molecule has 0 spiro atoms. The zero-order chi connectivity index (χ0) is 12.9. The molecule has 17 heavy (non-hydrogen) atoms. The van der Waals surface area contributed by atoms with Gasteiger partial charge in [-0.1, -0.05) is 6.08 Å². The zero-order valence-corrected chi connectivity index (χ0v) is 10.0. The highest BCUT2D eigenvalue weighted by Gasteiger charge is 2.16. The Balaban J connectivity index is 2.88. The van der Waals surface area contributed by atoms with Crippen molar-refractivity contribution in [3.05, 3.63) is 36.7 Å². The van der Waals surface area contributed by atoms with Gasteiger partial charge in [0.25, 0.3) is 0 Å². The molecule has 0 fully saturated rings. The summed E-state index contributed by atoms with van der Waals surface area (Å²) in [6, 6.07) is 3.22. The number of sulfonamides is 1. The fourth-order valence-electron chi connectivity index (χ4n) is 1.23. The summed E-state index contributed by atoms with van der Waals surface area (Å²) in [5.74, 6) is -0.606. The molecular formula is C11H14FNO3S. The lowest BCUT2D eigenvalue weighted by molar-refractivity contribution is 0.303. The molecule has 0 aromatic heterocycles. The minimum atomic E-state index is -3.98. The molecule has 4 nitrogen and oxygen atoms in total. The van der Waals surface area contributed by atoms with Crippen molar-refractivity contribution in [2.24, 2.45) is 5.14 Å². The smallest absolute Gasteiger partial charge is 0.241 e. The first-order valence-electron chi connectivity index (χ1n) is 5.01. The first-order valence-corrected chi connectivity index (χ1v) is 6.56. The van der Waals surface area contributed by atoms with Crippen LogP contribution in [0.25, 0.3) is 0 Å². The van der Waals surface area contributed by atoms with E-state index in [1.165, 1.54) is 6.07 Å². The van der Waals surface area contributed by atoms with E-state index in [0.717, 1.165) is 18.6 Å². The third-order valence-corrected chi connectivity index (χ3v) is 2.95. The highest BCUT2D eigenvalue weighted by Crippen LogP contribution is 2.23. The van der Waals surface area contributed by atoms with Crippen LogP contribution in [0.5, 0.6) is 5.75 Å². The van der Waals surface area contributed by atoms with E-state index in [9.17, 15) is 12.8 Å². The second-order valence-corrected chi connectivity index (χ2v) is 4.95. The van der Waals surface area contributed by atoms with Crippen molar-refractivity contribution in [1.82, 2.24) is 0 Å². The van der Waals surface area contributed by atoms with Gasteiger partial charge in [0.2, 0.25) is 10.0 Å². The quantitative estimate of drug-likeness (QED) is 0.625. The van der Waals surface area contributed by atoms with E-state index in [2.05, 4.69) is 6.58 Å². The highest BCUT2D eigenvalue weighted by atomic mass is 32.2. The number of hydrogen-bond acceptors (Lipinski definition) is 3. The van der Waals surface area contributed by atoms with E-state index in [1.807, 2.05) is 0 Å². The molecule has 0 amide bonds. The molecule has 0 aliphatic heterocycles. The van der Waals surface area contributed by atoms with Crippen molar-refractivity contribution in [2.45, 2.75) is 17.7 Å². The van der Waals surface area contributed by atoms with Gasteiger partial charge in [-0.25, -0.2) is 17.9 Å². The van der Waals surface area contributed by atoms with Crippen LogP contribution in [-0.4, -0.2) is 15.0 Å². The van der Waals surface area contributed by atoms with Gasteiger partial charge >= 0.3 is 0 Å². The van der Waals surface area contributed by atoms with Crippen molar-refractivity contribution in [3.63, 3.8) is 0 Å². The van der Waals surface area contributed by atoms with Crippen LogP contribution in [0.4, 0.5) is 4.39 Å². The van der Waals surface area contributed by atoms with Gasteiger partial charge in [0.05, 0.1) is 6.61 Å². The van der Waals surface area contributed by atoms with Gasteiger partial charge in [-0.05, 0) is 31.0 Å². The van der Waals surface area contributed by atoms with Gasteiger partial charge in [0.15, 0.2) is 0 Å². The molecule has 0 atom stereocenters. The maximum Gasteiger partial charge on any atom is 0.241 e. The van der Waals surface area contributed by atoms with Crippen LogP contribution < -0.4 is 9.88 Å². The van der Waals surface area contributed by atoms with E-state index in [4.69, 9.17) is 9.88 Å². The number of rotatable bonds is 6. The molecule has 0 aliphatic carbocycles. The lowest BCUT2D eigenvalue weighted by Crippen LogP contribution is -2.14. The summed E-state index contributed by atoms with van der Waals surface area (Å²) in [6.07, 6.45) is 3.19. The van der Waals surface area contributed by atoms with Gasteiger partial charge in [-0.15, -0.1) is 6.58 Å². The third-order valence-electron chi connectivity index (χ3n) is 2.02. The second-order valence-electron chi connectivity index (χ2n) is 3.42. The molecular weight excluding hydrogens is 245 g/mol. The molecule has 1 aromatic carbocycles. The van der Waals surface area contributed by atoms with Gasteiger partial charge < -0.3 is 4.74 Å². The van der Waals surface area contributed by atoms with Crippen LogP contribution in [0.3, 0.4) is 0 Å². The lowest BCUT2D eigenvalue weighted by Gasteiger charge is -2.09. The predicted octanol–water partition coefficient (Wildman–Crippen LogP) is 1.82. The molecule has 0 unspecified atom stereocenters. The second kappa shape index (κ2) is 5.79. The highest BCUT2D eigenvalue weighted by molar-refractivity contribution is 7.89. The Bertz CT molecular complexity index is 499. The molecule has 1 rings (SSSR count). The molecule has 0 heterocycles. The Kier molecular flexibility index (Phi) is 4.65.